The molecule has 0 unspecified atom stereocenters. The van der Waals surface area contributed by atoms with Crippen LogP contribution in [0.25, 0.3) is 11.0 Å². The van der Waals surface area contributed by atoms with Gasteiger partial charge in [-0.2, -0.15) is 10.4 Å². The second kappa shape index (κ2) is 9.48. The standard InChI is InChI=1S/C21H14Cl2F2N6O5/c22-11-5-9(29-30-14(8-26)17(32)28-20(34)35)6-12(23)16(11)36-10-1-2-13-15(7-10)31(19(33)27-13)21(3-4-21)18(24)25/h1-2,5-7,18,29H,3-4H2,(H,27,33)(H,28,32)(H,34,35). The van der Waals surface area contributed by atoms with Crippen LogP contribution in [0.5, 0.6) is 11.5 Å². The summed E-state index contributed by atoms with van der Waals surface area (Å²) in [6.07, 6.45) is -4.04. The van der Waals surface area contributed by atoms with E-state index in [4.69, 9.17) is 38.3 Å². The largest absolute Gasteiger partial charge is 0.465 e. The molecule has 0 spiro atoms. The van der Waals surface area contributed by atoms with Gasteiger partial charge in [0.2, 0.25) is 5.71 Å². The number of anilines is 1. The summed E-state index contributed by atoms with van der Waals surface area (Å²) in [6.45, 7) is 0. The van der Waals surface area contributed by atoms with Crippen molar-refractivity contribution in [3.05, 3.63) is 50.9 Å². The van der Waals surface area contributed by atoms with E-state index in [0.717, 1.165) is 4.57 Å². The Hall–Kier alpha value is -4.15. The number of ether oxygens (including phenoxy) is 1. The number of nitrogens with one attached hydrogen (secondary N) is 3. The van der Waals surface area contributed by atoms with Crippen molar-refractivity contribution < 1.29 is 28.2 Å². The Morgan fingerprint density at radius 1 is 1.25 bits per heavy atom. The van der Waals surface area contributed by atoms with Crippen LogP contribution in [0.1, 0.15) is 12.8 Å². The number of halogens is 4. The zero-order chi connectivity index (χ0) is 26.2. The topological polar surface area (TPSA) is 162 Å². The van der Waals surface area contributed by atoms with Crippen molar-refractivity contribution in [1.82, 2.24) is 14.9 Å². The number of hydrazone groups is 1. The molecule has 0 aliphatic heterocycles. The molecule has 1 fully saturated rings. The minimum atomic E-state index is -2.72. The van der Waals surface area contributed by atoms with Gasteiger partial charge < -0.3 is 14.8 Å². The van der Waals surface area contributed by atoms with Crippen LogP contribution in [-0.4, -0.2) is 38.8 Å². The summed E-state index contributed by atoms with van der Waals surface area (Å²) in [5.74, 6) is -1.08. The summed E-state index contributed by atoms with van der Waals surface area (Å²) < 4.78 is 34.1. The van der Waals surface area contributed by atoms with Crippen LogP contribution in [0.2, 0.25) is 10.0 Å². The quantitative estimate of drug-likeness (QED) is 0.258. The van der Waals surface area contributed by atoms with E-state index in [-0.39, 0.29) is 45.6 Å². The fourth-order valence-corrected chi connectivity index (χ4v) is 4.06. The molecule has 1 aliphatic rings. The molecule has 1 heterocycles. The summed E-state index contributed by atoms with van der Waals surface area (Å²) in [6, 6.07) is 8.46. The highest BCUT2D eigenvalue weighted by molar-refractivity contribution is 6.46. The Balaban J connectivity index is 1.60. The highest BCUT2D eigenvalue weighted by atomic mass is 35.5. The molecule has 11 nitrogen and oxygen atoms in total. The molecule has 4 N–H and O–H groups in total. The van der Waals surface area contributed by atoms with Gasteiger partial charge in [0.1, 0.15) is 17.4 Å². The molecule has 1 aliphatic carbocycles. The normalized spacial score (nSPS) is 14.4. The molecule has 4 rings (SSSR count). The average Bonchev–Trinajstić information content (AvgIpc) is 3.53. The molecular formula is C21H14Cl2F2N6O5. The van der Waals surface area contributed by atoms with Gasteiger partial charge in [-0.15, -0.1) is 0 Å². The molecule has 1 aromatic heterocycles. The van der Waals surface area contributed by atoms with Gasteiger partial charge >= 0.3 is 11.8 Å². The SMILES string of the molecule is N#CC(=NNc1cc(Cl)c(Oc2ccc3[nH]c(=O)n(C4(C(F)F)CC4)c3c2)c(Cl)c1)C(=O)NC(=O)O. The number of nitrogens with zero attached hydrogens (tertiary/aromatic N) is 3. The predicted molar refractivity (Wildman–Crippen MR) is 125 cm³/mol. The maximum absolute atomic E-state index is 13.7. The van der Waals surface area contributed by atoms with Crippen LogP contribution in [0.4, 0.5) is 19.3 Å². The summed E-state index contributed by atoms with van der Waals surface area (Å²) in [5.41, 5.74) is 0.114. The lowest BCUT2D eigenvalue weighted by Crippen LogP contribution is -2.34. The third kappa shape index (κ3) is 4.68. The number of hydrogen-bond acceptors (Lipinski definition) is 7. The minimum Gasteiger partial charge on any atom is -0.465 e. The first kappa shape index (κ1) is 25.0. The fraction of sp³-hybridized carbons (Fsp3) is 0.190. The number of alkyl halides is 2. The first-order valence-corrected chi connectivity index (χ1v) is 10.8. The minimum absolute atomic E-state index is 0.00392. The Morgan fingerprint density at radius 3 is 2.47 bits per heavy atom. The number of amides is 2. The van der Waals surface area contributed by atoms with E-state index >= 15 is 0 Å². The van der Waals surface area contributed by atoms with Gasteiger partial charge in [-0.1, -0.05) is 23.2 Å². The van der Waals surface area contributed by atoms with Gasteiger partial charge in [0.15, 0.2) is 5.75 Å². The number of aromatic amines is 1. The molecule has 0 atom stereocenters. The van der Waals surface area contributed by atoms with Crippen LogP contribution >= 0.6 is 23.2 Å². The van der Waals surface area contributed by atoms with E-state index in [1.54, 1.807) is 0 Å². The maximum atomic E-state index is 13.7. The van der Waals surface area contributed by atoms with E-state index in [1.165, 1.54) is 41.7 Å². The van der Waals surface area contributed by atoms with Crippen molar-refractivity contribution in [1.29, 1.82) is 5.26 Å². The maximum Gasteiger partial charge on any atom is 0.411 e. The second-order valence-electron chi connectivity index (χ2n) is 7.66. The molecule has 2 aromatic carbocycles. The van der Waals surface area contributed by atoms with Gasteiger partial charge in [-0.05, 0) is 37.1 Å². The van der Waals surface area contributed by atoms with Crippen LogP contribution in [-0.2, 0) is 10.3 Å². The van der Waals surface area contributed by atoms with Crippen molar-refractivity contribution in [2.24, 2.45) is 5.10 Å². The highest BCUT2D eigenvalue weighted by Crippen LogP contribution is 2.49. The average molecular weight is 539 g/mol. The van der Waals surface area contributed by atoms with Crippen molar-refractivity contribution in [3.8, 4) is 17.6 Å². The first-order valence-electron chi connectivity index (χ1n) is 10.0. The monoisotopic (exact) mass is 538 g/mol. The van der Waals surface area contributed by atoms with Crippen molar-refractivity contribution in [2.75, 3.05) is 5.43 Å². The molecule has 36 heavy (non-hydrogen) atoms. The number of nitriles is 1. The molecule has 1 saturated carbocycles. The molecule has 15 heteroatoms. The van der Waals surface area contributed by atoms with Crippen molar-refractivity contribution in [3.63, 3.8) is 0 Å². The van der Waals surface area contributed by atoms with E-state index in [0.29, 0.717) is 5.52 Å². The van der Waals surface area contributed by atoms with Crippen LogP contribution in [0, 0.1) is 11.3 Å². The lowest BCUT2D eigenvalue weighted by atomic mass is 10.2. The van der Waals surface area contributed by atoms with Crippen LogP contribution in [0.3, 0.4) is 0 Å². The van der Waals surface area contributed by atoms with Gasteiger partial charge in [0, 0.05) is 6.07 Å². The molecule has 3 aromatic rings. The zero-order valence-electron chi connectivity index (χ0n) is 17.8. The lowest BCUT2D eigenvalue weighted by molar-refractivity contribution is -0.114. The number of fused-ring (bicyclic) bond motifs is 1. The van der Waals surface area contributed by atoms with Crippen LogP contribution < -0.4 is 21.2 Å². The third-order valence-corrected chi connectivity index (χ3v) is 5.89. The molecule has 186 valence electrons. The highest BCUT2D eigenvalue weighted by Gasteiger charge is 2.54. The Morgan fingerprint density at radius 2 is 1.92 bits per heavy atom. The molecule has 0 radical (unpaired) electrons. The zero-order valence-corrected chi connectivity index (χ0v) is 19.3. The van der Waals surface area contributed by atoms with Gasteiger partial charge in [-0.3, -0.25) is 20.1 Å². The number of carbonyl (C=O) groups is 2. The molecular weight excluding hydrogens is 525 g/mol. The predicted octanol–water partition coefficient (Wildman–Crippen LogP) is 4.27. The molecule has 0 saturated heterocycles. The van der Waals surface area contributed by atoms with E-state index in [1.807, 2.05) is 0 Å². The third-order valence-electron chi connectivity index (χ3n) is 5.33. The summed E-state index contributed by atoms with van der Waals surface area (Å²) >= 11 is 12.5. The Bertz CT molecular complexity index is 1500. The first-order chi connectivity index (χ1) is 17.1. The number of benzene rings is 2. The van der Waals surface area contributed by atoms with Gasteiger partial charge in [0.25, 0.3) is 12.3 Å². The van der Waals surface area contributed by atoms with Crippen molar-refractivity contribution in [2.45, 2.75) is 24.8 Å². The number of aromatic nitrogens is 2. The number of hydrogen-bond donors (Lipinski definition) is 4. The van der Waals surface area contributed by atoms with Gasteiger partial charge in [0.05, 0.1) is 26.8 Å². The van der Waals surface area contributed by atoms with E-state index < -0.39 is 35.4 Å². The number of carbonyl (C=O) groups excluding carboxylic acids is 1. The Labute approximate surface area is 209 Å². The summed E-state index contributed by atoms with van der Waals surface area (Å²) in [7, 11) is 0. The van der Waals surface area contributed by atoms with E-state index in [2.05, 4.69) is 15.5 Å². The summed E-state index contributed by atoms with van der Waals surface area (Å²) in [4.78, 5) is 37.1. The number of imide groups is 1. The smallest absolute Gasteiger partial charge is 0.411 e. The van der Waals surface area contributed by atoms with E-state index in [9.17, 15) is 23.2 Å². The lowest BCUT2D eigenvalue weighted by Gasteiger charge is -2.16. The second-order valence-corrected chi connectivity index (χ2v) is 8.48. The Kier molecular flexibility index (Phi) is 6.57. The molecule has 0 bridgehead atoms. The van der Waals surface area contributed by atoms with Crippen LogP contribution in [0.15, 0.2) is 40.2 Å². The van der Waals surface area contributed by atoms with Crippen molar-refractivity contribution >= 4 is 57.6 Å². The number of carboxylic acid groups (broad SMARTS) is 1. The number of H-pyrrole nitrogens is 1. The number of imidazole rings is 1. The number of rotatable bonds is 7. The molecule has 2 amide bonds. The summed E-state index contributed by atoms with van der Waals surface area (Å²) in [5, 5.41) is 22.5. The fourth-order valence-electron chi connectivity index (χ4n) is 3.50. The van der Waals surface area contributed by atoms with Gasteiger partial charge in [-0.25, -0.2) is 18.4 Å².